The van der Waals surface area contributed by atoms with Crippen LogP contribution in [0.1, 0.15) is 46.0 Å². The fourth-order valence-electron chi connectivity index (χ4n) is 5.67. The van der Waals surface area contributed by atoms with Crippen LogP contribution in [0.2, 0.25) is 0 Å². The third kappa shape index (κ3) is 3.75. The zero-order valence-electron chi connectivity index (χ0n) is 18.9. The van der Waals surface area contributed by atoms with E-state index in [1.54, 1.807) is 12.1 Å². The second-order valence-electron chi connectivity index (χ2n) is 9.28. The third-order valence-electron chi connectivity index (χ3n) is 7.21. The van der Waals surface area contributed by atoms with Crippen molar-refractivity contribution in [1.29, 1.82) is 0 Å². The molecule has 1 aromatic rings. The van der Waals surface area contributed by atoms with Crippen molar-refractivity contribution >= 4 is 11.6 Å². The van der Waals surface area contributed by atoms with Crippen LogP contribution in [0, 0.1) is 17.7 Å². The lowest BCUT2D eigenvalue weighted by Crippen LogP contribution is -2.42. The number of anilines is 1. The molecule has 0 radical (unpaired) electrons. The molecule has 170 valence electrons. The van der Waals surface area contributed by atoms with Crippen LogP contribution in [0.15, 0.2) is 59.0 Å². The highest BCUT2D eigenvalue weighted by atomic mass is 19.1. The molecule has 0 saturated carbocycles. The van der Waals surface area contributed by atoms with Crippen molar-refractivity contribution < 1.29 is 13.9 Å². The van der Waals surface area contributed by atoms with E-state index in [-0.39, 0.29) is 29.7 Å². The highest BCUT2D eigenvalue weighted by Gasteiger charge is 2.42. The molecule has 1 amide bonds. The van der Waals surface area contributed by atoms with Crippen molar-refractivity contribution in [2.24, 2.45) is 11.8 Å². The van der Waals surface area contributed by atoms with Crippen LogP contribution in [0.5, 0.6) is 0 Å². The lowest BCUT2D eigenvalue weighted by Gasteiger charge is -2.32. The number of hydrogen-bond donors (Lipinski definition) is 1. The molecule has 0 unspecified atom stereocenters. The molecule has 1 N–H and O–H groups in total. The Morgan fingerprint density at radius 3 is 2.81 bits per heavy atom. The molecule has 2 heterocycles. The predicted molar refractivity (Wildman–Crippen MR) is 123 cm³/mol. The van der Waals surface area contributed by atoms with Gasteiger partial charge < -0.3 is 15.1 Å². The van der Waals surface area contributed by atoms with Gasteiger partial charge in [-0.25, -0.2) is 4.39 Å². The number of hydrogen-bond acceptors (Lipinski definition) is 4. The molecular weight excluding hydrogens is 405 g/mol. The number of hydrazine groups is 1. The number of allylic oxidation sites excluding steroid dienone is 3. The smallest absolute Gasteiger partial charge is 0.229 e. The molecule has 2 aliphatic carbocycles. The summed E-state index contributed by atoms with van der Waals surface area (Å²) in [4.78, 5) is 15.7. The van der Waals surface area contributed by atoms with Gasteiger partial charge in [-0.05, 0) is 73.6 Å². The lowest BCUT2D eigenvalue weighted by molar-refractivity contribution is -0.136. The number of carbonyl (C=O) groups excluding carboxylic acids is 1. The van der Waals surface area contributed by atoms with E-state index in [1.807, 2.05) is 11.2 Å². The molecular formula is C26H32FN3O2. The molecule has 4 aliphatic rings. The molecule has 3 atom stereocenters. The number of fused-ring (bicyclic) bond motifs is 1. The van der Waals surface area contributed by atoms with Crippen LogP contribution in [0.3, 0.4) is 0 Å². The molecule has 5 nitrogen and oxygen atoms in total. The summed E-state index contributed by atoms with van der Waals surface area (Å²) in [6.45, 7) is 6.65. The lowest BCUT2D eigenvalue weighted by atomic mass is 9.80. The van der Waals surface area contributed by atoms with Crippen LogP contribution in [-0.2, 0) is 9.53 Å². The summed E-state index contributed by atoms with van der Waals surface area (Å²) in [5.41, 5.74) is 9.08. The van der Waals surface area contributed by atoms with Gasteiger partial charge in [-0.1, -0.05) is 13.8 Å². The Balaban J connectivity index is 1.40. The molecule has 2 aliphatic heterocycles. The monoisotopic (exact) mass is 437 g/mol. The fourth-order valence-corrected chi connectivity index (χ4v) is 5.67. The quantitative estimate of drug-likeness (QED) is 0.701. The van der Waals surface area contributed by atoms with Gasteiger partial charge in [0.05, 0.1) is 23.4 Å². The average Bonchev–Trinajstić information content (AvgIpc) is 3.54. The summed E-state index contributed by atoms with van der Waals surface area (Å²) in [7, 11) is 0. The molecule has 0 aromatic heterocycles. The minimum absolute atomic E-state index is 0.0495. The van der Waals surface area contributed by atoms with Gasteiger partial charge in [0, 0.05) is 37.4 Å². The Morgan fingerprint density at radius 2 is 2.09 bits per heavy atom. The molecule has 5 rings (SSSR count). The van der Waals surface area contributed by atoms with Crippen molar-refractivity contribution in [2.75, 3.05) is 24.7 Å². The van der Waals surface area contributed by atoms with E-state index >= 15 is 0 Å². The average molecular weight is 438 g/mol. The van der Waals surface area contributed by atoms with Gasteiger partial charge in [0.2, 0.25) is 5.91 Å². The Morgan fingerprint density at radius 1 is 1.28 bits per heavy atom. The van der Waals surface area contributed by atoms with Gasteiger partial charge in [0.25, 0.3) is 0 Å². The molecule has 0 spiro atoms. The Bertz CT molecular complexity index is 975. The minimum atomic E-state index is -0.242. The minimum Gasteiger partial charge on any atom is -0.376 e. The number of ether oxygens (including phenoxy) is 1. The van der Waals surface area contributed by atoms with E-state index < -0.39 is 0 Å². The molecule has 0 bridgehead atoms. The number of nitrogens with one attached hydrogen (secondary N) is 1. The predicted octanol–water partition coefficient (Wildman–Crippen LogP) is 4.69. The second kappa shape index (κ2) is 8.74. The summed E-state index contributed by atoms with van der Waals surface area (Å²) >= 11 is 0. The molecule has 1 aromatic carbocycles. The maximum Gasteiger partial charge on any atom is 0.229 e. The normalized spacial score (nSPS) is 26.5. The largest absolute Gasteiger partial charge is 0.376 e. The van der Waals surface area contributed by atoms with Crippen molar-refractivity contribution in [3.05, 3.63) is 64.8 Å². The Labute approximate surface area is 189 Å². The molecule has 6 heteroatoms. The van der Waals surface area contributed by atoms with Crippen molar-refractivity contribution in [3.63, 3.8) is 0 Å². The summed E-state index contributed by atoms with van der Waals surface area (Å²) in [6, 6.07) is 6.52. The summed E-state index contributed by atoms with van der Waals surface area (Å²) in [6.07, 6.45) is 9.33. The highest BCUT2D eigenvalue weighted by Crippen LogP contribution is 2.48. The molecule has 32 heavy (non-hydrogen) atoms. The highest BCUT2D eigenvalue weighted by molar-refractivity contribution is 5.84. The van der Waals surface area contributed by atoms with Crippen molar-refractivity contribution in [1.82, 2.24) is 10.3 Å². The standard InChI is InChI=1S/C26H32FN3O2/c1-3-12-29(16-21-5-4-13-32-21)26(31)22-11-6-18-14-24-23(17(2)25(18)22)15-28-30(24)20-9-7-19(27)8-10-20/h7-10,14-15,17,21-22,28H,3-6,11-13,16H2,1-2H3/t17-,21+,22-/m0/s1. The van der Waals surface area contributed by atoms with Crippen molar-refractivity contribution in [2.45, 2.75) is 52.1 Å². The fraction of sp³-hybridized carbons (Fsp3) is 0.500. The maximum atomic E-state index is 13.7. The number of amides is 1. The van der Waals surface area contributed by atoms with Crippen LogP contribution < -0.4 is 10.4 Å². The first-order valence-corrected chi connectivity index (χ1v) is 11.9. The summed E-state index contributed by atoms with van der Waals surface area (Å²) < 4.78 is 19.2. The van der Waals surface area contributed by atoms with E-state index in [9.17, 15) is 9.18 Å². The van der Waals surface area contributed by atoms with Gasteiger partial charge in [-0.3, -0.25) is 9.80 Å². The zero-order valence-corrected chi connectivity index (χ0v) is 18.9. The van der Waals surface area contributed by atoms with Crippen LogP contribution in [-0.4, -0.2) is 36.6 Å². The van der Waals surface area contributed by atoms with E-state index in [0.29, 0.717) is 6.54 Å². The summed E-state index contributed by atoms with van der Waals surface area (Å²) in [5, 5.41) is 2.00. The number of rotatable bonds is 6. The number of carbonyl (C=O) groups is 1. The molecule has 1 fully saturated rings. The topological polar surface area (TPSA) is 44.8 Å². The molecule has 1 saturated heterocycles. The first-order chi connectivity index (χ1) is 15.6. The SMILES string of the molecule is CCCN(C[C@H]1CCCO1)C(=O)[C@H]1CCC2=C1[C@@H](C)C1=CNN(c3ccc(F)cc3)C1=C2. The van der Waals surface area contributed by atoms with Crippen molar-refractivity contribution in [3.8, 4) is 0 Å². The second-order valence-corrected chi connectivity index (χ2v) is 9.28. The van der Waals surface area contributed by atoms with E-state index in [2.05, 4.69) is 30.2 Å². The van der Waals surface area contributed by atoms with Crippen LogP contribution >= 0.6 is 0 Å². The summed E-state index contributed by atoms with van der Waals surface area (Å²) in [5.74, 6) is 0.143. The van der Waals surface area contributed by atoms with E-state index in [4.69, 9.17) is 4.74 Å². The third-order valence-corrected chi connectivity index (χ3v) is 7.21. The number of halogens is 1. The van der Waals surface area contributed by atoms with Gasteiger partial charge >= 0.3 is 0 Å². The van der Waals surface area contributed by atoms with Gasteiger partial charge in [0.15, 0.2) is 0 Å². The Kier molecular flexibility index (Phi) is 5.80. The van der Waals surface area contributed by atoms with Crippen LogP contribution in [0.4, 0.5) is 10.1 Å². The number of nitrogens with zero attached hydrogens (tertiary/aromatic N) is 2. The van der Waals surface area contributed by atoms with Gasteiger partial charge in [0.1, 0.15) is 5.82 Å². The Hall–Kier alpha value is -2.60. The van der Waals surface area contributed by atoms with Crippen LogP contribution in [0.25, 0.3) is 0 Å². The maximum absolute atomic E-state index is 13.7. The zero-order chi connectivity index (χ0) is 22.2. The van der Waals surface area contributed by atoms with E-state index in [1.165, 1.54) is 28.9 Å². The van der Waals surface area contributed by atoms with Gasteiger partial charge in [-0.15, -0.1) is 0 Å². The first-order valence-electron chi connectivity index (χ1n) is 11.9. The number of benzene rings is 1. The van der Waals surface area contributed by atoms with Gasteiger partial charge in [-0.2, -0.15) is 0 Å². The first kappa shape index (κ1) is 21.3. The van der Waals surface area contributed by atoms with E-state index in [0.717, 1.165) is 56.6 Å².